The minimum atomic E-state index is -0.301. The first-order chi connectivity index (χ1) is 7.72. The fourth-order valence-electron chi connectivity index (χ4n) is 1.35. The van der Waals surface area contributed by atoms with E-state index in [9.17, 15) is 0 Å². The minimum absolute atomic E-state index is 0.301. The summed E-state index contributed by atoms with van der Waals surface area (Å²) in [6.07, 6.45) is 1.66. The van der Waals surface area contributed by atoms with Gasteiger partial charge in [0, 0.05) is 0 Å². The quantitative estimate of drug-likeness (QED) is 0.914. The van der Waals surface area contributed by atoms with Gasteiger partial charge in [-0.15, -0.1) is 0 Å². The maximum atomic E-state index is 6.04. The van der Waals surface area contributed by atoms with Crippen LogP contribution in [0.4, 0.5) is 0 Å². The maximum absolute atomic E-state index is 6.04. The molecule has 6 heteroatoms. The van der Waals surface area contributed by atoms with Crippen LogP contribution in [0.15, 0.2) is 24.4 Å². The molecule has 0 radical (unpaired) electrons. The monoisotopic (exact) mass is 255 g/mol. The lowest BCUT2D eigenvalue weighted by Gasteiger charge is -2.11. The predicted molar refractivity (Wildman–Crippen MR) is 63.9 cm³/mol. The molecule has 0 fully saturated rings. The van der Waals surface area contributed by atoms with Gasteiger partial charge in [-0.1, -0.05) is 17.7 Å². The van der Waals surface area contributed by atoms with Crippen LogP contribution in [0, 0.1) is 0 Å². The van der Waals surface area contributed by atoms with E-state index < -0.39 is 0 Å². The second-order valence-electron chi connectivity index (χ2n) is 3.20. The third-order valence-corrected chi connectivity index (χ3v) is 3.04. The zero-order chi connectivity index (χ0) is 11.5. The molecule has 0 aliphatic heterocycles. The van der Waals surface area contributed by atoms with Gasteiger partial charge in [0.15, 0.2) is 0 Å². The van der Waals surface area contributed by atoms with Gasteiger partial charge in [-0.05, 0) is 17.7 Å². The molecule has 0 aliphatic rings. The van der Waals surface area contributed by atoms with Gasteiger partial charge in [-0.25, -0.2) is 0 Å². The molecule has 2 aromatic rings. The summed E-state index contributed by atoms with van der Waals surface area (Å²) < 4.78 is 13.2. The highest BCUT2D eigenvalue weighted by atomic mass is 35.5. The first-order valence-electron chi connectivity index (χ1n) is 4.59. The second kappa shape index (κ2) is 4.78. The molecule has 1 heterocycles. The van der Waals surface area contributed by atoms with Crippen molar-refractivity contribution >= 4 is 23.3 Å². The van der Waals surface area contributed by atoms with Crippen LogP contribution in [0.2, 0.25) is 5.02 Å². The Morgan fingerprint density at radius 2 is 2.31 bits per heavy atom. The lowest BCUT2D eigenvalue weighted by atomic mass is 10.1. The lowest BCUT2D eigenvalue weighted by Crippen LogP contribution is -2.12. The van der Waals surface area contributed by atoms with Crippen LogP contribution in [0.5, 0.6) is 5.75 Å². The molecule has 1 aromatic carbocycles. The van der Waals surface area contributed by atoms with Crippen LogP contribution in [0.25, 0.3) is 0 Å². The highest BCUT2D eigenvalue weighted by Gasteiger charge is 2.13. The topological polar surface area (TPSA) is 61.0 Å². The molecule has 0 amide bonds. The van der Waals surface area contributed by atoms with E-state index in [1.165, 1.54) is 0 Å². The summed E-state index contributed by atoms with van der Waals surface area (Å²) in [7, 11) is 1.57. The molecule has 1 atom stereocenters. The first kappa shape index (κ1) is 11.3. The largest absolute Gasteiger partial charge is 0.495 e. The Balaban J connectivity index is 2.34. The van der Waals surface area contributed by atoms with Crippen molar-refractivity contribution in [1.29, 1.82) is 0 Å². The molecule has 1 aromatic heterocycles. The van der Waals surface area contributed by atoms with E-state index in [0.717, 1.165) is 23.0 Å². The molecule has 4 nitrogen and oxygen atoms in total. The predicted octanol–water partition coefficient (Wildman–Crippen LogP) is 2.25. The summed E-state index contributed by atoms with van der Waals surface area (Å²) in [6, 6.07) is 5.13. The molecular formula is C10H10ClN3OS. The molecule has 2 N–H and O–H groups in total. The molecule has 0 saturated heterocycles. The summed E-state index contributed by atoms with van der Waals surface area (Å²) in [6.45, 7) is 0. The minimum Gasteiger partial charge on any atom is -0.495 e. The van der Waals surface area contributed by atoms with E-state index >= 15 is 0 Å². The average molecular weight is 256 g/mol. The van der Waals surface area contributed by atoms with Crippen molar-refractivity contribution in [2.45, 2.75) is 6.04 Å². The molecule has 0 bridgehead atoms. The molecule has 84 valence electrons. The third kappa shape index (κ3) is 2.16. The van der Waals surface area contributed by atoms with Gasteiger partial charge in [-0.3, -0.25) is 0 Å². The van der Waals surface area contributed by atoms with E-state index in [1.54, 1.807) is 19.4 Å². The van der Waals surface area contributed by atoms with Crippen LogP contribution in [-0.2, 0) is 0 Å². The Labute approximate surface area is 102 Å². The summed E-state index contributed by atoms with van der Waals surface area (Å²) in [5, 5.41) is 0.565. The summed E-state index contributed by atoms with van der Waals surface area (Å²) in [5.41, 5.74) is 7.68. The van der Waals surface area contributed by atoms with E-state index in [-0.39, 0.29) is 6.04 Å². The maximum Gasteiger partial charge on any atom is 0.137 e. The Bertz CT molecular complexity index is 475. The normalized spacial score (nSPS) is 12.4. The number of halogens is 1. The number of methoxy groups -OCH3 is 1. The van der Waals surface area contributed by atoms with Crippen LogP contribution < -0.4 is 10.5 Å². The molecule has 0 saturated carbocycles. The Morgan fingerprint density at radius 1 is 1.50 bits per heavy atom. The number of nitrogens with zero attached hydrogens (tertiary/aromatic N) is 2. The van der Waals surface area contributed by atoms with Gasteiger partial charge in [0.2, 0.25) is 0 Å². The van der Waals surface area contributed by atoms with Gasteiger partial charge >= 0.3 is 0 Å². The lowest BCUT2D eigenvalue weighted by molar-refractivity contribution is 0.414. The van der Waals surface area contributed by atoms with E-state index in [1.807, 2.05) is 12.1 Å². The molecule has 0 aliphatic carbocycles. The number of hydrogen-bond acceptors (Lipinski definition) is 5. The number of hydrogen-bond donors (Lipinski definition) is 1. The standard InChI is InChI=1S/C10H10ClN3OS/c1-15-9-4-6(2-3-7(9)11)10(12)8-5-13-16-14-8/h2-5,10H,12H2,1H3. The SMILES string of the molecule is COc1cc(C(N)c2cnsn2)ccc1Cl. The fourth-order valence-corrected chi connectivity index (χ4v) is 2.00. The second-order valence-corrected chi connectivity index (χ2v) is 4.17. The number of nitrogens with two attached hydrogens (primary N) is 1. The number of benzene rings is 1. The third-order valence-electron chi connectivity index (χ3n) is 2.23. The fraction of sp³-hybridized carbons (Fsp3) is 0.200. The highest BCUT2D eigenvalue weighted by Crippen LogP contribution is 2.28. The van der Waals surface area contributed by atoms with Gasteiger partial charge in [0.05, 0.1) is 41.8 Å². The van der Waals surface area contributed by atoms with Crippen molar-refractivity contribution in [2.75, 3.05) is 7.11 Å². The molecule has 1 unspecified atom stereocenters. The van der Waals surface area contributed by atoms with Gasteiger partial charge in [0.1, 0.15) is 5.75 Å². The average Bonchev–Trinajstić information content (AvgIpc) is 2.82. The number of aromatic nitrogens is 2. The van der Waals surface area contributed by atoms with Gasteiger partial charge < -0.3 is 10.5 Å². The Kier molecular flexibility index (Phi) is 3.38. The van der Waals surface area contributed by atoms with Crippen LogP contribution in [0.3, 0.4) is 0 Å². The first-order valence-corrected chi connectivity index (χ1v) is 5.69. The van der Waals surface area contributed by atoms with Crippen molar-refractivity contribution in [3.8, 4) is 5.75 Å². The summed E-state index contributed by atoms with van der Waals surface area (Å²) in [4.78, 5) is 0. The number of rotatable bonds is 3. The Morgan fingerprint density at radius 3 is 2.94 bits per heavy atom. The number of ether oxygens (including phenoxy) is 1. The van der Waals surface area contributed by atoms with Gasteiger partial charge in [-0.2, -0.15) is 8.75 Å². The highest BCUT2D eigenvalue weighted by molar-refractivity contribution is 6.99. The van der Waals surface area contributed by atoms with E-state index in [2.05, 4.69) is 8.75 Å². The summed E-state index contributed by atoms with van der Waals surface area (Å²) >= 11 is 7.07. The van der Waals surface area contributed by atoms with E-state index in [0.29, 0.717) is 10.8 Å². The van der Waals surface area contributed by atoms with Crippen molar-refractivity contribution in [1.82, 2.24) is 8.75 Å². The van der Waals surface area contributed by atoms with Gasteiger partial charge in [0.25, 0.3) is 0 Å². The van der Waals surface area contributed by atoms with Crippen LogP contribution in [0.1, 0.15) is 17.3 Å². The van der Waals surface area contributed by atoms with Crippen molar-refractivity contribution in [3.63, 3.8) is 0 Å². The van der Waals surface area contributed by atoms with Crippen LogP contribution in [-0.4, -0.2) is 15.9 Å². The molecule has 16 heavy (non-hydrogen) atoms. The van der Waals surface area contributed by atoms with Crippen molar-refractivity contribution in [2.24, 2.45) is 5.73 Å². The molecular weight excluding hydrogens is 246 g/mol. The molecule has 2 rings (SSSR count). The molecule has 0 spiro atoms. The zero-order valence-corrected chi connectivity index (χ0v) is 10.1. The van der Waals surface area contributed by atoms with E-state index in [4.69, 9.17) is 22.1 Å². The zero-order valence-electron chi connectivity index (χ0n) is 8.55. The van der Waals surface area contributed by atoms with Crippen LogP contribution >= 0.6 is 23.3 Å². The Hall–Kier alpha value is -1.17. The summed E-state index contributed by atoms with van der Waals surface area (Å²) in [5.74, 6) is 0.609. The van der Waals surface area contributed by atoms with Crippen molar-refractivity contribution < 1.29 is 4.74 Å². The smallest absolute Gasteiger partial charge is 0.137 e. The van der Waals surface area contributed by atoms with Crippen molar-refractivity contribution in [3.05, 3.63) is 40.7 Å².